The maximum Gasteiger partial charge on any atom is 0.321 e. The molecule has 29 heavy (non-hydrogen) atoms. The summed E-state index contributed by atoms with van der Waals surface area (Å²) in [7, 11) is -3.91. The highest BCUT2D eigenvalue weighted by Gasteiger charge is 2.15. The Hall–Kier alpha value is -3.11. The summed E-state index contributed by atoms with van der Waals surface area (Å²) in [5.41, 5.74) is 1.00. The molecule has 0 heterocycles. The van der Waals surface area contributed by atoms with Crippen molar-refractivity contribution in [2.24, 2.45) is 0 Å². The van der Waals surface area contributed by atoms with Gasteiger partial charge in [-0.3, -0.25) is 9.59 Å². The summed E-state index contributed by atoms with van der Waals surface area (Å²) in [5.74, 6) is -4.00. The second-order valence-electron chi connectivity index (χ2n) is 5.89. The average Bonchev–Trinajstić information content (AvgIpc) is 2.67. The van der Waals surface area contributed by atoms with Crippen molar-refractivity contribution in [3.63, 3.8) is 0 Å². The zero-order valence-electron chi connectivity index (χ0n) is 15.3. The Kier molecular flexibility index (Phi) is 7.57. The van der Waals surface area contributed by atoms with Crippen LogP contribution in [0.3, 0.4) is 0 Å². The lowest BCUT2D eigenvalue weighted by Crippen LogP contribution is -2.31. The van der Waals surface area contributed by atoms with E-state index in [1.165, 1.54) is 6.08 Å². The summed E-state index contributed by atoms with van der Waals surface area (Å²) < 4.78 is 57.2. The van der Waals surface area contributed by atoms with E-state index in [0.29, 0.717) is 5.56 Å². The molecule has 0 atom stereocenters. The molecule has 1 amide bonds. The third kappa shape index (κ3) is 7.43. The molecule has 0 aliphatic heterocycles. The molecule has 0 saturated carbocycles. The lowest BCUT2D eigenvalue weighted by Gasteiger charge is -2.08. The number of ether oxygens (including phenoxy) is 1. The number of anilines is 1. The van der Waals surface area contributed by atoms with Gasteiger partial charge in [0.05, 0.1) is 0 Å². The van der Waals surface area contributed by atoms with Crippen LogP contribution in [0.2, 0.25) is 0 Å². The first-order valence-electron chi connectivity index (χ1n) is 8.30. The number of esters is 1. The van der Waals surface area contributed by atoms with Gasteiger partial charge in [0, 0.05) is 5.41 Å². The minimum atomic E-state index is -3.91. The van der Waals surface area contributed by atoms with Crippen LogP contribution in [0.5, 0.6) is 0 Å². The number of hydrogen-bond donors (Lipinski definition) is 2. The number of amides is 1. The minimum Gasteiger partial charge on any atom is -0.455 e. The van der Waals surface area contributed by atoms with Gasteiger partial charge in [0.25, 0.3) is 5.91 Å². The van der Waals surface area contributed by atoms with Gasteiger partial charge in [0.1, 0.15) is 23.9 Å². The van der Waals surface area contributed by atoms with E-state index in [1.54, 1.807) is 12.1 Å². The molecule has 0 fully saturated rings. The molecule has 0 aliphatic rings. The van der Waals surface area contributed by atoms with Crippen LogP contribution < -0.4 is 10.0 Å². The lowest BCUT2D eigenvalue weighted by molar-refractivity contribution is -0.146. The molecule has 0 saturated heterocycles. The average molecular weight is 424 g/mol. The predicted octanol–water partition coefficient (Wildman–Crippen LogP) is 2.35. The van der Waals surface area contributed by atoms with Crippen LogP contribution in [0, 0.1) is 18.6 Å². The summed E-state index contributed by atoms with van der Waals surface area (Å²) in [6.07, 6.45) is 1.35. The van der Waals surface area contributed by atoms with Gasteiger partial charge in [-0.25, -0.2) is 21.9 Å². The van der Waals surface area contributed by atoms with Gasteiger partial charge in [-0.15, -0.1) is 0 Å². The molecule has 2 aromatic rings. The van der Waals surface area contributed by atoms with E-state index < -0.39 is 52.4 Å². The van der Waals surface area contributed by atoms with Gasteiger partial charge in [-0.2, -0.15) is 0 Å². The SMILES string of the molecule is Cc1ccc(/C=C\S(=O)(=O)NCC(=O)OCC(=O)Nc2c(F)cccc2F)cc1. The molecular weight excluding hydrogens is 406 g/mol. The summed E-state index contributed by atoms with van der Waals surface area (Å²) in [6.45, 7) is 0.333. The van der Waals surface area contributed by atoms with E-state index in [0.717, 1.165) is 29.2 Å². The number of nitrogens with one attached hydrogen (secondary N) is 2. The second kappa shape index (κ2) is 9.89. The molecule has 2 aromatic carbocycles. The minimum absolute atomic E-state index is 0.653. The highest BCUT2D eigenvalue weighted by molar-refractivity contribution is 7.92. The van der Waals surface area contributed by atoms with Crippen LogP contribution in [0.1, 0.15) is 11.1 Å². The van der Waals surface area contributed by atoms with Crippen LogP contribution in [-0.4, -0.2) is 33.4 Å². The number of benzene rings is 2. The monoisotopic (exact) mass is 424 g/mol. The van der Waals surface area contributed by atoms with Crippen molar-refractivity contribution >= 4 is 33.7 Å². The smallest absolute Gasteiger partial charge is 0.321 e. The standard InChI is InChI=1S/C19H18F2N2O5S/c1-13-5-7-14(8-6-13)9-10-29(26,27)22-11-18(25)28-12-17(24)23-19-15(20)3-2-4-16(19)21/h2-10,22H,11-12H2,1H3,(H,23,24)/b10-9-. The second-order valence-corrected chi connectivity index (χ2v) is 7.54. The van der Waals surface area contributed by atoms with Crippen molar-refractivity contribution in [1.29, 1.82) is 0 Å². The van der Waals surface area contributed by atoms with E-state index >= 15 is 0 Å². The normalized spacial score (nSPS) is 11.4. The Morgan fingerprint density at radius 3 is 2.31 bits per heavy atom. The summed E-state index contributed by atoms with van der Waals surface area (Å²) in [4.78, 5) is 23.2. The van der Waals surface area contributed by atoms with E-state index in [1.807, 2.05) is 29.1 Å². The van der Waals surface area contributed by atoms with E-state index in [9.17, 15) is 26.8 Å². The van der Waals surface area contributed by atoms with E-state index in [-0.39, 0.29) is 0 Å². The van der Waals surface area contributed by atoms with Crippen LogP contribution in [0.15, 0.2) is 47.9 Å². The first-order valence-corrected chi connectivity index (χ1v) is 9.85. The van der Waals surface area contributed by atoms with Crippen LogP contribution >= 0.6 is 0 Å². The Balaban J connectivity index is 1.80. The largest absolute Gasteiger partial charge is 0.455 e. The van der Waals surface area contributed by atoms with Crippen molar-refractivity contribution in [1.82, 2.24) is 4.72 Å². The van der Waals surface area contributed by atoms with Gasteiger partial charge in [-0.1, -0.05) is 35.9 Å². The zero-order valence-corrected chi connectivity index (χ0v) is 16.1. The predicted molar refractivity (Wildman–Crippen MR) is 103 cm³/mol. The van der Waals surface area contributed by atoms with Crippen molar-refractivity contribution < 1.29 is 31.5 Å². The number of halogens is 2. The van der Waals surface area contributed by atoms with Crippen LogP contribution in [0.25, 0.3) is 6.08 Å². The molecule has 0 radical (unpaired) electrons. The number of aryl methyl sites for hydroxylation is 1. The quantitative estimate of drug-likeness (QED) is 0.634. The summed E-state index contributed by atoms with van der Waals surface area (Å²) >= 11 is 0. The first kappa shape index (κ1) is 22.2. The molecular formula is C19H18F2N2O5S. The Morgan fingerprint density at radius 2 is 1.69 bits per heavy atom. The molecule has 10 heteroatoms. The van der Waals surface area contributed by atoms with Crippen LogP contribution in [0.4, 0.5) is 14.5 Å². The van der Waals surface area contributed by atoms with E-state index in [4.69, 9.17) is 0 Å². The van der Waals surface area contributed by atoms with Gasteiger partial charge >= 0.3 is 5.97 Å². The Bertz CT molecular complexity index is 1000. The van der Waals surface area contributed by atoms with Crippen molar-refractivity contribution in [2.75, 3.05) is 18.5 Å². The van der Waals surface area contributed by atoms with Gasteiger partial charge in [-0.05, 0) is 30.7 Å². The maximum absolute atomic E-state index is 13.4. The lowest BCUT2D eigenvalue weighted by atomic mass is 10.2. The molecule has 0 unspecified atom stereocenters. The van der Waals surface area contributed by atoms with Crippen LogP contribution in [-0.2, 0) is 24.3 Å². The Labute approximate surface area is 166 Å². The third-order valence-corrected chi connectivity index (χ3v) is 4.57. The molecule has 0 aromatic heterocycles. The van der Waals surface area contributed by atoms with Crippen molar-refractivity contribution in [3.05, 3.63) is 70.6 Å². The molecule has 7 nitrogen and oxygen atoms in total. The summed E-state index contributed by atoms with van der Waals surface area (Å²) in [5, 5.41) is 2.82. The fraction of sp³-hybridized carbons (Fsp3) is 0.158. The number of carbonyl (C=O) groups is 2. The van der Waals surface area contributed by atoms with E-state index in [2.05, 4.69) is 4.74 Å². The number of para-hydroxylation sites is 1. The highest BCUT2D eigenvalue weighted by atomic mass is 32.2. The molecule has 0 spiro atoms. The van der Waals surface area contributed by atoms with Gasteiger partial charge in [0.2, 0.25) is 10.0 Å². The number of hydrogen-bond acceptors (Lipinski definition) is 5. The van der Waals surface area contributed by atoms with Gasteiger partial charge < -0.3 is 10.1 Å². The topological polar surface area (TPSA) is 102 Å². The number of carbonyl (C=O) groups excluding carboxylic acids is 2. The zero-order chi connectivity index (χ0) is 21.4. The molecule has 0 aliphatic carbocycles. The number of sulfonamides is 1. The third-order valence-electron chi connectivity index (χ3n) is 3.53. The molecule has 0 bridgehead atoms. The highest BCUT2D eigenvalue weighted by Crippen LogP contribution is 2.17. The van der Waals surface area contributed by atoms with Crippen molar-refractivity contribution in [3.8, 4) is 0 Å². The summed E-state index contributed by atoms with van der Waals surface area (Å²) in [6, 6.07) is 10.1. The number of rotatable bonds is 8. The maximum atomic E-state index is 13.4. The van der Waals surface area contributed by atoms with Gasteiger partial charge in [0.15, 0.2) is 6.61 Å². The molecule has 2 rings (SSSR count). The molecule has 2 N–H and O–H groups in total. The Morgan fingerprint density at radius 1 is 1.07 bits per heavy atom. The molecule has 154 valence electrons. The first-order chi connectivity index (χ1) is 13.7. The van der Waals surface area contributed by atoms with Crippen molar-refractivity contribution in [2.45, 2.75) is 6.92 Å². The fourth-order valence-electron chi connectivity index (χ4n) is 2.04. The fourth-order valence-corrected chi connectivity index (χ4v) is 2.79.